The van der Waals surface area contributed by atoms with E-state index in [0.717, 1.165) is 37.7 Å². The van der Waals surface area contributed by atoms with E-state index in [0.29, 0.717) is 23.6 Å². The number of benzene rings is 2. The third kappa shape index (κ3) is 5.67. The van der Waals surface area contributed by atoms with Gasteiger partial charge in [0.05, 0.1) is 38.1 Å². The summed E-state index contributed by atoms with van der Waals surface area (Å²) in [6, 6.07) is 18.4. The van der Waals surface area contributed by atoms with Gasteiger partial charge in [0.1, 0.15) is 5.76 Å². The second-order valence-corrected chi connectivity index (χ2v) is 7.36. The van der Waals surface area contributed by atoms with Gasteiger partial charge in [-0.3, -0.25) is 9.59 Å². The number of ether oxygens (including phenoxy) is 1. The number of carbonyl (C=O) groups is 2. The molecule has 1 aliphatic rings. The predicted octanol–water partition coefficient (Wildman–Crippen LogP) is 3.10. The van der Waals surface area contributed by atoms with Crippen molar-refractivity contribution >= 4 is 28.9 Å². The number of rotatable bonds is 8. The average Bonchev–Trinajstić information content (AvgIpc) is 3.36. The van der Waals surface area contributed by atoms with Crippen LogP contribution in [0.2, 0.25) is 0 Å². The zero-order chi connectivity index (χ0) is 22.2. The molecule has 3 aromatic rings. The van der Waals surface area contributed by atoms with Gasteiger partial charge < -0.3 is 30.0 Å². The van der Waals surface area contributed by atoms with Crippen LogP contribution in [0.1, 0.15) is 16.1 Å². The van der Waals surface area contributed by atoms with Crippen LogP contribution >= 0.6 is 0 Å². The Bertz CT molecular complexity index is 1030. The van der Waals surface area contributed by atoms with Crippen LogP contribution in [0.15, 0.2) is 71.3 Å². The Labute approximate surface area is 186 Å². The lowest BCUT2D eigenvalue weighted by Gasteiger charge is -2.28. The first kappa shape index (κ1) is 21.5. The Morgan fingerprint density at radius 1 is 0.938 bits per heavy atom. The fourth-order valence-electron chi connectivity index (χ4n) is 3.47. The molecule has 3 N–H and O–H groups in total. The third-order valence-electron chi connectivity index (χ3n) is 5.14. The molecule has 0 radical (unpaired) electrons. The molecule has 1 aromatic heterocycles. The number of nitrogens with one attached hydrogen (secondary N) is 3. The Morgan fingerprint density at radius 3 is 2.47 bits per heavy atom. The number of hydrogen-bond acceptors (Lipinski definition) is 6. The van der Waals surface area contributed by atoms with Crippen molar-refractivity contribution in [1.82, 2.24) is 5.32 Å². The summed E-state index contributed by atoms with van der Waals surface area (Å²) < 4.78 is 10.6. The average molecular weight is 434 g/mol. The van der Waals surface area contributed by atoms with Gasteiger partial charge in [-0.25, -0.2) is 0 Å². The molecule has 8 nitrogen and oxygen atoms in total. The number of furan rings is 1. The van der Waals surface area contributed by atoms with Crippen molar-refractivity contribution in [3.05, 3.63) is 78.3 Å². The second-order valence-electron chi connectivity index (χ2n) is 7.36. The topological polar surface area (TPSA) is 95.8 Å². The van der Waals surface area contributed by atoms with Crippen LogP contribution in [0.5, 0.6) is 0 Å². The van der Waals surface area contributed by atoms with Gasteiger partial charge in [-0.15, -0.1) is 0 Å². The van der Waals surface area contributed by atoms with Gasteiger partial charge in [0.2, 0.25) is 5.91 Å². The highest BCUT2D eigenvalue weighted by Gasteiger charge is 2.13. The molecule has 0 spiro atoms. The maximum atomic E-state index is 12.6. The van der Waals surface area contributed by atoms with E-state index in [1.807, 2.05) is 30.3 Å². The van der Waals surface area contributed by atoms with Gasteiger partial charge in [-0.05, 0) is 48.5 Å². The SMILES string of the molecule is O=C(CNc1ccccc1C(=O)NCc1ccco1)Nc1ccc(N2CCOCC2)cc1. The molecule has 0 aliphatic carbocycles. The Morgan fingerprint density at radius 2 is 1.72 bits per heavy atom. The number of para-hydroxylation sites is 1. The van der Waals surface area contributed by atoms with Crippen LogP contribution < -0.4 is 20.9 Å². The van der Waals surface area contributed by atoms with Gasteiger partial charge >= 0.3 is 0 Å². The number of amides is 2. The molecular weight excluding hydrogens is 408 g/mol. The molecule has 0 bridgehead atoms. The third-order valence-corrected chi connectivity index (χ3v) is 5.14. The monoisotopic (exact) mass is 434 g/mol. The summed E-state index contributed by atoms with van der Waals surface area (Å²) in [6.45, 7) is 3.52. The molecule has 1 saturated heterocycles. The fraction of sp³-hybridized carbons (Fsp3) is 0.250. The summed E-state index contributed by atoms with van der Waals surface area (Å²) in [5.41, 5.74) is 2.88. The number of hydrogen-bond donors (Lipinski definition) is 3. The smallest absolute Gasteiger partial charge is 0.253 e. The molecule has 32 heavy (non-hydrogen) atoms. The standard InChI is InChI=1S/C24H26N4O4/c29-23(27-18-7-9-19(10-8-18)28-11-14-31-15-12-28)17-25-22-6-2-1-5-21(22)24(30)26-16-20-4-3-13-32-20/h1-10,13,25H,11-12,14-17H2,(H,26,30)(H,27,29). The molecule has 0 saturated carbocycles. The second kappa shape index (κ2) is 10.5. The van der Waals surface area contributed by atoms with Crippen LogP contribution in [0.25, 0.3) is 0 Å². The Balaban J connectivity index is 1.29. The lowest BCUT2D eigenvalue weighted by atomic mass is 10.1. The highest BCUT2D eigenvalue weighted by atomic mass is 16.5. The lowest BCUT2D eigenvalue weighted by Crippen LogP contribution is -2.36. The van der Waals surface area contributed by atoms with E-state index in [-0.39, 0.29) is 18.4 Å². The van der Waals surface area contributed by atoms with Crippen molar-refractivity contribution in [2.45, 2.75) is 6.54 Å². The van der Waals surface area contributed by atoms with E-state index in [1.54, 1.807) is 36.6 Å². The Kier molecular flexibility index (Phi) is 7.04. The number of anilines is 3. The van der Waals surface area contributed by atoms with E-state index in [4.69, 9.17) is 9.15 Å². The van der Waals surface area contributed by atoms with Crippen molar-refractivity contribution in [3.63, 3.8) is 0 Å². The zero-order valence-corrected chi connectivity index (χ0v) is 17.7. The maximum absolute atomic E-state index is 12.6. The van der Waals surface area contributed by atoms with Gasteiger partial charge in [0, 0.05) is 30.2 Å². The maximum Gasteiger partial charge on any atom is 0.253 e. The van der Waals surface area contributed by atoms with Gasteiger partial charge in [-0.2, -0.15) is 0 Å². The lowest BCUT2D eigenvalue weighted by molar-refractivity contribution is -0.114. The molecule has 4 rings (SSSR count). The summed E-state index contributed by atoms with van der Waals surface area (Å²) in [4.78, 5) is 27.2. The predicted molar refractivity (Wildman–Crippen MR) is 123 cm³/mol. The van der Waals surface area contributed by atoms with Crippen LogP contribution in [0.4, 0.5) is 17.1 Å². The molecule has 0 atom stereocenters. The summed E-state index contributed by atoms with van der Waals surface area (Å²) in [7, 11) is 0. The van der Waals surface area contributed by atoms with Gasteiger partial charge in [0.15, 0.2) is 0 Å². The molecule has 1 fully saturated rings. The van der Waals surface area contributed by atoms with E-state index in [2.05, 4.69) is 20.9 Å². The van der Waals surface area contributed by atoms with Gasteiger partial charge in [-0.1, -0.05) is 12.1 Å². The summed E-state index contributed by atoms with van der Waals surface area (Å²) in [6.07, 6.45) is 1.56. The van der Waals surface area contributed by atoms with E-state index >= 15 is 0 Å². The van der Waals surface area contributed by atoms with Crippen molar-refractivity contribution in [1.29, 1.82) is 0 Å². The fourth-order valence-corrected chi connectivity index (χ4v) is 3.47. The highest BCUT2D eigenvalue weighted by Crippen LogP contribution is 2.19. The van der Waals surface area contributed by atoms with Gasteiger partial charge in [0.25, 0.3) is 5.91 Å². The number of nitrogens with zero attached hydrogens (tertiary/aromatic N) is 1. The van der Waals surface area contributed by atoms with E-state index in [1.165, 1.54) is 0 Å². The molecule has 2 aromatic carbocycles. The number of carbonyl (C=O) groups excluding carboxylic acids is 2. The van der Waals surface area contributed by atoms with Crippen LogP contribution in [-0.4, -0.2) is 44.7 Å². The summed E-state index contributed by atoms with van der Waals surface area (Å²) in [5.74, 6) is 0.223. The van der Waals surface area contributed by atoms with E-state index in [9.17, 15) is 9.59 Å². The largest absolute Gasteiger partial charge is 0.467 e. The van der Waals surface area contributed by atoms with Crippen molar-refractivity contribution in [2.75, 3.05) is 48.4 Å². The zero-order valence-electron chi connectivity index (χ0n) is 17.7. The normalized spacial score (nSPS) is 13.4. The highest BCUT2D eigenvalue weighted by molar-refractivity contribution is 6.00. The van der Waals surface area contributed by atoms with Crippen molar-refractivity contribution in [2.24, 2.45) is 0 Å². The summed E-state index contributed by atoms with van der Waals surface area (Å²) in [5, 5.41) is 8.75. The molecule has 0 unspecified atom stereocenters. The van der Waals surface area contributed by atoms with E-state index < -0.39 is 0 Å². The van der Waals surface area contributed by atoms with Crippen LogP contribution in [-0.2, 0) is 16.1 Å². The van der Waals surface area contributed by atoms with Crippen molar-refractivity contribution in [3.8, 4) is 0 Å². The minimum Gasteiger partial charge on any atom is -0.467 e. The molecule has 8 heteroatoms. The first-order valence-electron chi connectivity index (χ1n) is 10.5. The quantitative estimate of drug-likeness (QED) is 0.504. The molecule has 2 amide bonds. The number of morpholine rings is 1. The van der Waals surface area contributed by atoms with Crippen molar-refractivity contribution < 1.29 is 18.7 Å². The minimum atomic E-state index is -0.247. The molecular formula is C24H26N4O4. The van der Waals surface area contributed by atoms with Crippen LogP contribution in [0.3, 0.4) is 0 Å². The molecule has 1 aliphatic heterocycles. The first-order valence-corrected chi connectivity index (χ1v) is 10.5. The Hall–Kier alpha value is -3.78. The summed E-state index contributed by atoms with van der Waals surface area (Å²) >= 11 is 0. The minimum absolute atomic E-state index is 0.0354. The molecule has 2 heterocycles. The molecule has 166 valence electrons. The van der Waals surface area contributed by atoms with Crippen LogP contribution in [0, 0.1) is 0 Å². The first-order chi connectivity index (χ1) is 15.7.